The number of nitrogens with two attached hydrogens (primary N) is 1. The van der Waals surface area contributed by atoms with Gasteiger partial charge in [0, 0.05) is 5.75 Å². The quantitative estimate of drug-likeness (QED) is 0.226. The van der Waals surface area contributed by atoms with Crippen LogP contribution in [0.15, 0.2) is 0 Å². The predicted molar refractivity (Wildman–Crippen MR) is 109 cm³/mol. The highest BCUT2D eigenvalue weighted by molar-refractivity contribution is 7.98. The van der Waals surface area contributed by atoms with Crippen molar-refractivity contribution in [3.8, 4) is 0 Å². The Bertz CT molecular complexity index is 533. The molecule has 0 fully saturated rings. The Labute approximate surface area is 169 Å². The lowest BCUT2D eigenvalue weighted by Crippen LogP contribution is -2.58. The predicted octanol–water partition coefficient (Wildman–Crippen LogP) is -0.788. The van der Waals surface area contributed by atoms with Gasteiger partial charge < -0.3 is 26.8 Å². The van der Waals surface area contributed by atoms with Crippen LogP contribution < -0.4 is 21.7 Å². The van der Waals surface area contributed by atoms with Gasteiger partial charge in [-0.2, -0.15) is 24.4 Å². The number of hydrogen-bond donors (Lipinski definition) is 6. The zero-order valence-electron chi connectivity index (χ0n) is 16.0. The Hall–Kier alpha value is -1.46. The standard InChI is InChI=1S/C16H30N4O5S2/c1-8(2)12(17)15(23)20-11(7-26)14(22)19-10(5-6-27-4)13(21)18-9(3)16(24)25/h8-12,26H,5-7,17H2,1-4H3,(H,18,21)(H,19,22)(H,20,23)(H,24,25). The van der Waals surface area contributed by atoms with E-state index in [4.69, 9.17) is 10.8 Å². The van der Waals surface area contributed by atoms with Gasteiger partial charge in [0.15, 0.2) is 0 Å². The summed E-state index contributed by atoms with van der Waals surface area (Å²) in [5.74, 6) is -2.36. The van der Waals surface area contributed by atoms with Crippen LogP contribution in [-0.4, -0.2) is 70.7 Å². The summed E-state index contributed by atoms with van der Waals surface area (Å²) in [4.78, 5) is 47.8. The minimum atomic E-state index is -1.18. The fourth-order valence-corrected chi connectivity index (χ4v) is 2.65. The Morgan fingerprint density at radius 1 is 1.00 bits per heavy atom. The van der Waals surface area contributed by atoms with E-state index in [0.29, 0.717) is 12.2 Å². The number of rotatable bonds is 12. The molecule has 0 aromatic rings. The number of carbonyl (C=O) groups is 4. The Balaban J connectivity index is 5.04. The van der Waals surface area contributed by atoms with E-state index < -0.39 is 47.9 Å². The molecule has 0 heterocycles. The highest BCUT2D eigenvalue weighted by Crippen LogP contribution is 2.04. The average Bonchev–Trinajstić information content (AvgIpc) is 2.61. The third-order valence-corrected chi connectivity index (χ3v) is 4.82. The smallest absolute Gasteiger partial charge is 0.325 e. The Morgan fingerprint density at radius 2 is 1.52 bits per heavy atom. The fourth-order valence-electron chi connectivity index (χ4n) is 1.92. The molecule has 0 aliphatic rings. The second kappa shape index (κ2) is 12.8. The maximum absolute atomic E-state index is 12.5. The molecule has 27 heavy (non-hydrogen) atoms. The first-order valence-corrected chi connectivity index (χ1v) is 10.6. The summed E-state index contributed by atoms with van der Waals surface area (Å²) in [5.41, 5.74) is 5.77. The summed E-state index contributed by atoms with van der Waals surface area (Å²) < 4.78 is 0. The van der Waals surface area contributed by atoms with E-state index in [9.17, 15) is 19.2 Å². The highest BCUT2D eigenvalue weighted by Gasteiger charge is 2.29. The van der Waals surface area contributed by atoms with Gasteiger partial charge in [-0.25, -0.2) is 0 Å². The number of amides is 3. The molecule has 0 aliphatic carbocycles. The first kappa shape index (κ1) is 25.5. The van der Waals surface area contributed by atoms with Crippen molar-refractivity contribution in [2.75, 3.05) is 17.8 Å². The lowest BCUT2D eigenvalue weighted by atomic mass is 10.0. The van der Waals surface area contributed by atoms with Crippen molar-refractivity contribution in [3.05, 3.63) is 0 Å². The SMILES string of the molecule is CSCCC(NC(=O)C(CS)NC(=O)C(N)C(C)C)C(=O)NC(C)C(=O)O. The average molecular weight is 423 g/mol. The van der Waals surface area contributed by atoms with Crippen LogP contribution >= 0.6 is 24.4 Å². The van der Waals surface area contributed by atoms with E-state index in [2.05, 4.69) is 28.6 Å². The van der Waals surface area contributed by atoms with E-state index in [0.717, 1.165) is 0 Å². The molecule has 0 aliphatic heterocycles. The summed E-state index contributed by atoms with van der Waals surface area (Å²) in [5, 5.41) is 16.3. The molecule has 4 unspecified atom stereocenters. The molecule has 0 rings (SSSR count). The number of nitrogens with one attached hydrogen (secondary N) is 3. The van der Waals surface area contributed by atoms with Crippen LogP contribution in [-0.2, 0) is 19.2 Å². The van der Waals surface area contributed by atoms with Crippen LogP contribution in [0.25, 0.3) is 0 Å². The molecule has 0 saturated heterocycles. The number of aliphatic carboxylic acids is 1. The first-order valence-electron chi connectivity index (χ1n) is 8.54. The van der Waals surface area contributed by atoms with Crippen LogP contribution in [0.3, 0.4) is 0 Å². The zero-order valence-corrected chi connectivity index (χ0v) is 17.7. The van der Waals surface area contributed by atoms with E-state index in [1.807, 2.05) is 6.26 Å². The second-order valence-corrected chi connectivity index (χ2v) is 7.78. The Morgan fingerprint density at radius 3 is 1.96 bits per heavy atom. The Kier molecular flexibility index (Phi) is 12.1. The molecule has 0 saturated carbocycles. The molecule has 156 valence electrons. The molecule has 6 N–H and O–H groups in total. The molecular formula is C16H30N4O5S2. The van der Waals surface area contributed by atoms with Gasteiger partial charge in [0.2, 0.25) is 17.7 Å². The van der Waals surface area contributed by atoms with Gasteiger partial charge in [-0.05, 0) is 31.3 Å². The van der Waals surface area contributed by atoms with Crippen LogP contribution in [0.4, 0.5) is 0 Å². The van der Waals surface area contributed by atoms with Crippen LogP contribution in [0.1, 0.15) is 27.2 Å². The normalized spacial score (nSPS) is 15.4. The van der Waals surface area contributed by atoms with Crippen LogP contribution in [0, 0.1) is 5.92 Å². The zero-order chi connectivity index (χ0) is 21.1. The van der Waals surface area contributed by atoms with Gasteiger partial charge in [0.05, 0.1) is 6.04 Å². The maximum Gasteiger partial charge on any atom is 0.325 e. The number of carboxylic acid groups (broad SMARTS) is 1. The second-order valence-electron chi connectivity index (χ2n) is 6.42. The number of thioether (sulfide) groups is 1. The van der Waals surface area contributed by atoms with Gasteiger partial charge in [-0.1, -0.05) is 13.8 Å². The van der Waals surface area contributed by atoms with Crippen molar-refractivity contribution in [3.63, 3.8) is 0 Å². The molecule has 3 amide bonds. The van der Waals surface area contributed by atoms with Crippen LogP contribution in [0.2, 0.25) is 0 Å². The van der Waals surface area contributed by atoms with E-state index >= 15 is 0 Å². The molecule has 0 bridgehead atoms. The number of carbonyl (C=O) groups excluding carboxylic acids is 3. The van der Waals surface area contributed by atoms with Crippen LogP contribution in [0.5, 0.6) is 0 Å². The maximum atomic E-state index is 12.5. The summed E-state index contributed by atoms with van der Waals surface area (Å²) in [6, 6.07) is -3.75. The number of thiol groups is 1. The molecule has 0 aromatic heterocycles. The monoisotopic (exact) mass is 422 g/mol. The molecule has 9 nitrogen and oxygen atoms in total. The van der Waals surface area contributed by atoms with Crippen molar-refractivity contribution in [1.82, 2.24) is 16.0 Å². The molecule has 4 atom stereocenters. The van der Waals surface area contributed by atoms with E-state index in [1.54, 1.807) is 13.8 Å². The van der Waals surface area contributed by atoms with Gasteiger partial charge in [0.25, 0.3) is 0 Å². The largest absolute Gasteiger partial charge is 0.480 e. The van der Waals surface area contributed by atoms with Crippen molar-refractivity contribution < 1.29 is 24.3 Å². The van der Waals surface area contributed by atoms with Crippen molar-refractivity contribution in [2.45, 2.75) is 51.4 Å². The van der Waals surface area contributed by atoms with Gasteiger partial charge in [-0.15, -0.1) is 0 Å². The fraction of sp³-hybridized carbons (Fsp3) is 0.750. The van der Waals surface area contributed by atoms with Crippen molar-refractivity contribution >= 4 is 48.1 Å². The molecule has 11 heteroatoms. The highest BCUT2D eigenvalue weighted by atomic mass is 32.2. The first-order chi connectivity index (χ1) is 12.5. The van der Waals surface area contributed by atoms with Crippen molar-refractivity contribution in [2.24, 2.45) is 11.7 Å². The lowest BCUT2D eigenvalue weighted by Gasteiger charge is -2.24. The molecule has 0 radical (unpaired) electrons. The van der Waals surface area contributed by atoms with Gasteiger partial charge >= 0.3 is 5.97 Å². The number of carboxylic acids is 1. The molecular weight excluding hydrogens is 392 g/mol. The van der Waals surface area contributed by atoms with Gasteiger partial charge in [-0.3, -0.25) is 19.2 Å². The third kappa shape index (κ3) is 9.34. The van der Waals surface area contributed by atoms with Crippen molar-refractivity contribution in [1.29, 1.82) is 0 Å². The summed E-state index contributed by atoms with van der Waals surface area (Å²) in [6.07, 6.45) is 2.16. The van der Waals surface area contributed by atoms with Gasteiger partial charge in [0.1, 0.15) is 18.1 Å². The summed E-state index contributed by atoms with van der Waals surface area (Å²) >= 11 is 5.56. The minimum absolute atomic E-state index is 0.0186. The van der Waals surface area contributed by atoms with E-state index in [-0.39, 0.29) is 11.7 Å². The molecule has 0 spiro atoms. The topological polar surface area (TPSA) is 151 Å². The number of hydrogen-bond acceptors (Lipinski definition) is 7. The summed E-state index contributed by atoms with van der Waals surface area (Å²) in [7, 11) is 0. The minimum Gasteiger partial charge on any atom is -0.480 e. The summed E-state index contributed by atoms with van der Waals surface area (Å²) in [6.45, 7) is 4.90. The molecule has 0 aromatic carbocycles. The van der Waals surface area contributed by atoms with E-state index in [1.165, 1.54) is 18.7 Å². The lowest BCUT2D eigenvalue weighted by molar-refractivity contribution is -0.141. The third-order valence-electron chi connectivity index (χ3n) is 3.81.